The Labute approximate surface area is 166 Å². The van der Waals surface area contributed by atoms with Gasteiger partial charge in [-0.05, 0) is 0 Å². The smallest absolute Gasteiger partial charge is 0.303 e. The Morgan fingerprint density at radius 2 is 1.97 bits per heavy atom. The molecule has 0 aliphatic carbocycles. The Morgan fingerprint density at radius 1 is 1.24 bits per heavy atom. The fourth-order valence-corrected chi connectivity index (χ4v) is 3.27. The number of fused-ring (bicyclic) bond motifs is 1. The SMILES string of the molecule is CO[C@@H]1[C@H](OC(C)=O)[C@@H](COC(C)=O)O[C@H]1n1cnc2c(N(C)C)nc(N)nc21. The van der Waals surface area contributed by atoms with Crippen molar-refractivity contribution >= 4 is 34.9 Å². The molecule has 2 aromatic heterocycles. The van der Waals surface area contributed by atoms with Crippen LogP contribution < -0.4 is 10.6 Å². The second-order valence-corrected chi connectivity index (χ2v) is 6.77. The maximum atomic E-state index is 11.6. The third kappa shape index (κ3) is 4.07. The number of esters is 2. The molecule has 1 aliphatic rings. The molecule has 0 unspecified atom stereocenters. The summed E-state index contributed by atoms with van der Waals surface area (Å²) in [6.07, 6.45) is -1.45. The summed E-state index contributed by atoms with van der Waals surface area (Å²) in [5.74, 6) is -0.364. The van der Waals surface area contributed by atoms with Crippen LogP contribution in [0.3, 0.4) is 0 Å². The number of hydrogen-bond donors (Lipinski definition) is 1. The van der Waals surface area contributed by atoms with Gasteiger partial charge in [0.2, 0.25) is 5.95 Å². The number of carbonyl (C=O) groups is 2. The van der Waals surface area contributed by atoms with Crippen LogP contribution in [-0.2, 0) is 28.5 Å². The highest BCUT2D eigenvalue weighted by Crippen LogP contribution is 2.36. The first-order chi connectivity index (χ1) is 13.7. The lowest BCUT2D eigenvalue weighted by Crippen LogP contribution is -2.39. The molecule has 29 heavy (non-hydrogen) atoms. The van der Waals surface area contributed by atoms with Crippen molar-refractivity contribution in [1.29, 1.82) is 0 Å². The van der Waals surface area contributed by atoms with Crippen LogP contribution in [0.5, 0.6) is 0 Å². The fourth-order valence-electron chi connectivity index (χ4n) is 3.27. The van der Waals surface area contributed by atoms with Crippen molar-refractivity contribution in [3.63, 3.8) is 0 Å². The second-order valence-electron chi connectivity index (χ2n) is 6.77. The first kappa shape index (κ1) is 20.7. The van der Waals surface area contributed by atoms with E-state index in [1.54, 1.807) is 9.47 Å². The molecule has 0 amide bonds. The van der Waals surface area contributed by atoms with E-state index in [0.717, 1.165) is 0 Å². The fraction of sp³-hybridized carbons (Fsp3) is 0.588. The van der Waals surface area contributed by atoms with E-state index in [1.165, 1.54) is 27.3 Å². The number of nitrogen functional groups attached to an aromatic ring is 1. The van der Waals surface area contributed by atoms with Crippen LogP contribution in [-0.4, -0.2) is 77.6 Å². The Hall–Kier alpha value is -2.99. The normalized spacial score (nSPS) is 23.9. The Bertz CT molecular complexity index is 915. The summed E-state index contributed by atoms with van der Waals surface area (Å²) in [6, 6.07) is 0. The minimum Gasteiger partial charge on any atom is -0.463 e. The molecule has 1 aliphatic heterocycles. The van der Waals surface area contributed by atoms with Crippen LogP contribution in [0.1, 0.15) is 20.1 Å². The molecule has 0 bridgehead atoms. The van der Waals surface area contributed by atoms with Gasteiger partial charge < -0.3 is 29.6 Å². The second kappa shape index (κ2) is 8.17. The third-order valence-corrected chi connectivity index (χ3v) is 4.43. The topological polar surface area (TPSA) is 144 Å². The molecule has 158 valence electrons. The quantitative estimate of drug-likeness (QED) is 0.639. The number of ether oxygens (including phenoxy) is 4. The third-order valence-electron chi connectivity index (χ3n) is 4.43. The van der Waals surface area contributed by atoms with Crippen LogP contribution in [0.15, 0.2) is 6.33 Å². The molecule has 0 saturated carbocycles. The molecule has 12 nitrogen and oxygen atoms in total. The van der Waals surface area contributed by atoms with Gasteiger partial charge in [-0.25, -0.2) is 4.98 Å². The number of anilines is 2. The van der Waals surface area contributed by atoms with Crippen molar-refractivity contribution in [3.05, 3.63) is 6.33 Å². The van der Waals surface area contributed by atoms with Gasteiger partial charge in [0, 0.05) is 35.1 Å². The average molecular weight is 408 g/mol. The largest absolute Gasteiger partial charge is 0.463 e. The van der Waals surface area contributed by atoms with Gasteiger partial charge >= 0.3 is 11.9 Å². The number of nitrogens with two attached hydrogens (primary N) is 1. The van der Waals surface area contributed by atoms with Gasteiger partial charge in [0.15, 0.2) is 29.3 Å². The van der Waals surface area contributed by atoms with Crippen molar-refractivity contribution in [1.82, 2.24) is 19.5 Å². The van der Waals surface area contributed by atoms with Crippen LogP contribution in [0, 0.1) is 0 Å². The highest BCUT2D eigenvalue weighted by Gasteiger charge is 2.49. The summed E-state index contributed by atoms with van der Waals surface area (Å²) >= 11 is 0. The molecule has 2 aromatic rings. The van der Waals surface area contributed by atoms with Crippen LogP contribution in [0.4, 0.5) is 11.8 Å². The molecule has 1 fully saturated rings. The molecule has 4 atom stereocenters. The molecular weight excluding hydrogens is 384 g/mol. The van der Waals surface area contributed by atoms with Crippen LogP contribution in [0.2, 0.25) is 0 Å². The predicted octanol–water partition coefficient (Wildman–Crippen LogP) is -0.118. The Balaban J connectivity index is 2.02. The van der Waals surface area contributed by atoms with Gasteiger partial charge in [-0.3, -0.25) is 14.2 Å². The zero-order chi connectivity index (χ0) is 21.3. The van der Waals surface area contributed by atoms with E-state index in [1.807, 2.05) is 14.1 Å². The van der Waals surface area contributed by atoms with Gasteiger partial charge in [0.25, 0.3) is 0 Å². The number of methoxy groups -OCH3 is 1. The number of nitrogens with zero attached hydrogens (tertiary/aromatic N) is 5. The maximum Gasteiger partial charge on any atom is 0.303 e. The van der Waals surface area contributed by atoms with Crippen molar-refractivity contribution < 1.29 is 28.5 Å². The number of aromatic nitrogens is 4. The summed E-state index contributed by atoms with van der Waals surface area (Å²) in [4.78, 5) is 37.5. The van der Waals surface area contributed by atoms with Gasteiger partial charge in [-0.2, -0.15) is 9.97 Å². The zero-order valence-electron chi connectivity index (χ0n) is 16.9. The molecular formula is C17H24N6O6. The molecule has 0 radical (unpaired) electrons. The summed E-state index contributed by atoms with van der Waals surface area (Å²) in [6.45, 7) is 2.47. The van der Waals surface area contributed by atoms with E-state index in [9.17, 15) is 9.59 Å². The van der Waals surface area contributed by atoms with Gasteiger partial charge in [-0.1, -0.05) is 0 Å². The number of imidazole rings is 1. The standard InChI is InChI=1S/C17H24N6O6/c1-8(24)27-6-10-12(28-9(2)25)13(26-5)16(29-10)23-7-19-11-14(22(3)4)20-17(18)21-15(11)23/h7,10,12-13,16H,6H2,1-5H3,(H2,18,20,21)/t10-,12-,13-,16-/m1/s1. The average Bonchev–Trinajstić information content (AvgIpc) is 3.19. The highest BCUT2D eigenvalue weighted by molar-refractivity contribution is 5.84. The summed E-state index contributed by atoms with van der Waals surface area (Å²) in [5, 5.41) is 0. The molecule has 2 N–H and O–H groups in total. The molecule has 12 heteroatoms. The van der Waals surface area contributed by atoms with Crippen molar-refractivity contribution in [2.24, 2.45) is 0 Å². The molecule has 1 saturated heterocycles. The van der Waals surface area contributed by atoms with Crippen molar-refractivity contribution in [3.8, 4) is 0 Å². The van der Waals surface area contributed by atoms with E-state index >= 15 is 0 Å². The van der Waals surface area contributed by atoms with Gasteiger partial charge in [-0.15, -0.1) is 0 Å². The molecule has 0 aromatic carbocycles. The number of carbonyl (C=O) groups excluding carboxylic acids is 2. The molecule has 3 heterocycles. The lowest BCUT2D eigenvalue weighted by molar-refractivity contribution is -0.157. The van der Waals surface area contributed by atoms with Gasteiger partial charge in [0.05, 0.1) is 6.33 Å². The first-order valence-corrected chi connectivity index (χ1v) is 8.89. The summed E-state index contributed by atoms with van der Waals surface area (Å²) in [5.41, 5.74) is 6.83. The van der Waals surface area contributed by atoms with E-state index in [2.05, 4.69) is 15.0 Å². The molecule has 0 spiro atoms. The minimum absolute atomic E-state index is 0.0721. The van der Waals surface area contributed by atoms with Crippen LogP contribution in [0.25, 0.3) is 11.2 Å². The van der Waals surface area contributed by atoms with E-state index < -0.39 is 36.5 Å². The Kier molecular flexibility index (Phi) is 5.84. The summed E-state index contributed by atoms with van der Waals surface area (Å²) < 4.78 is 23.7. The number of rotatable bonds is 6. The van der Waals surface area contributed by atoms with E-state index in [4.69, 9.17) is 24.7 Å². The van der Waals surface area contributed by atoms with Gasteiger partial charge in [0.1, 0.15) is 18.8 Å². The summed E-state index contributed by atoms with van der Waals surface area (Å²) in [7, 11) is 5.10. The monoisotopic (exact) mass is 408 g/mol. The zero-order valence-corrected chi connectivity index (χ0v) is 16.9. The highest BCUT2D eigenvalue weighted by atomic mass is 16.6. The van der Waals surface area contributed by atoms with Crippen molar-refractivity contribution in [2.75, 3.05) is 38.4 Å². The van der Waals surface area contributed by atoms with Crippen molar-refractivity contribution in [2.45, 2.75) is 38.4 Å². The van der Waals surface area contributed by atoms with E-state index in [0.29, 0.717) is 17.0 Å². The van der Waals surface area contributed by atoms with Crippen LogP contribution >= 0.6 is 0 Å². The van der Waals surface area contributed by atoms with E-state index in [-0.39, 0.29) is 12.6 Å². The lowest BCUT2D eigenvalue weighted by Gasteiger charge is -2.23. The predicted molar refractivity (Wildman–Crippen MR) is 101 cm³/mol. The lowest BCUT2D eigenvalue weighted by atomic mass is 10.1. The Morgan fingerprint density at radius 3 is 2.55 bits per heavy atom. The molecule has 3 rings (SSSR count). The minimum atomic E-state index is -0.799. The number of hydrogen-bond acceptors (Lipinski definition) is 11. The maximum absolute atomic E-state index is 11.6. The first-order valence-electron chi connectivity index (χ1n) is 8.89.